The van der Waals surface area contributed by atoms with Crippen LogP contribution in [0.4, 0.5) is 18.0 Å². The Morgan fingerprint density at radius 3 is 2.22 bits per heavy atom. The first-order valence-corrected chi connectivity index (χ1v) is 8.97. The average molecular weight is 386 g/mol. The van der Waals surface area contributed by atoms with Gasteiger partial charge in [0.2, 0.25) is 5.91 Å². The maximum atomic E-state index is 12.5. The van der Waals surface area contributed by atoms with Crippen molar-refractivity contribution in [1.29, 1.82) is 0 Å². The lowest BCUT2D eigenvalue weighted by Gasteiger charge is -2.34. The number of amides is 3. The molecular weight excluding hydrogens is 361 g/mol. The van der Waals surface area contributed by atoms with E-state index in [9.17, 15) is 22.8 Å². The number of carbonyl (C=O) groups excluding carboxylic acids is 2. The lowest BCUT2D eigenvalue weighted by Crippen LogP contribution is -2.53. The third-order valence-corrected chi connectivity index (χ3v) is 4.37. The zero-order valence-electron chi connectivity index (χ0n) is 15.3. The molecule has 3 amide bonds. The molecule has 2 rings (SSSR count). The van der Waals surface area contributed by atoms with Gasteiger partial charge in [-0.2, -0.15) is 13.2 Å². The van der Waals surface area contributed by atoms with E-state index in [2.05, 4.69) is 10.6 Å². The third kappa shape index (κ3) is 6.74. The fourth-order valence-electron chi connectivity index (χ4n) is 2.85. The van der Waals surface area contributed by atoms with Gasteiger partial charge < -0.3 is 15.5 Å². The van der Waals surface area contributed by atoms with Crippen LogP contribution in [0.1, 0.15) is 18.1 Å². The number of hydrogen-bond donors (Lipinski definition) is 2. The van der Waals surface area contributed by atoms with E-state index in [1.807, 2.05) is 11.8 Å². The first-order chi connectivity index (χ1) is 12.8. The quantitative estimate of drug-likeness (QED) is 0.783. The number of nitrogens with zero attached hydrogens (tertiary/aromatic N) is 2. The second-order valence-electron chi connectivity index (χ2n) is 6.39. The molecule has 0 aromatic heterocycles. The van der Waals surface area contributed by atoms with Crippen LogP contribution in [0, 0.1) is 0 Å². The Kier molecular flexibility index (Phi) is 7.46. The first-order valence-electron chi connectivity index (χ1n) is 8.97. The Labute approximate surface area is 156 Å². The van der Waals surface area contributed by atoms with Gasteiger partial charge in [-0.25, -0.2) is 4.79 Å². The van der Waals surface area contributed by atoms with Crippen molar-refractivity contribution >= 4 is 11.9 Å². The summed E-state index contributed by atoms with van der Waals surface area (Å²) in [7, 11) is 0. The molecule has 1 fully saturated rings. The Balaban J connectivity index is 1.68. The topological polar surface area (TPSA) is 64.7 Å². The summed E-state index contributed by atoms with van der Waals surface area (Å²) in [5.41, 5.74) is 0.0517. The molecule has 1 aliphatic rings. The van der Waals surface area contributed by atoms with Gasteiger partial charge in [0.15, 0.2) is 0 Å². The maximum Gasteiger partial charge on any atom is 0.416 e. The van der Waals surface area contributed by atoms with Gasteiger partial charge in [-0.15, -0.1) is 0 Å². The number of piperazine rings is 1. The monoisotopic (exact) mass is 386 g/mol. The van der Waals surface area contributed by atoms with Crippen molar-refractivity contribution in [2.24, 2.45) is 0 Å². The van der Waals surface area contributed by atoms with Gasteiger partial charge in [-0.3, -0.25) is 9.69 Å². The van der Waals surface area contributed by atoms with E-state index in [-0.39, 0.29) is 11.9 Å². The molecule has 1 aromatic rings. The standard InChI is InChI=1S/C18H25F3N4O2/c1-2-22-16(26)13-24-9-11-25(12-10-24)17(27)23-8-7-14-3-5-15(6-4-14)18(19,20)21/h3-6H,2,7-13H2,1H3,(H,22,26)(H,23,27). The second kappa shape index (κ2) is 9.59. The molecule has 0 atom stereocenters. The van der Waals surface area contributed by atoms with E-state index in [1.165, 1.54) is 12.1 Å². The van der Waals surface area contributed by atoms with Crippen LogP contribution in [0.3, 0.4) is 0 Å². The van der Waals surface area contributed by atoms with Gasteiger partial charge >= 0.3 is 12.2 Å². The number of carbonyl (C=O) groups is 2. The summed E-state index contributed by atoms with van der Waals surface area (Å²) < 4.78 is 37.6. The SMILES string of the molecule is CCNC(=O)CN1CCN(C(=O)NCCc2ccc(C(F)(F)F)cc2)CC1. The molecule has 0 bridgehead atoms. The summed E-state index contributed by atoms with van der Waals surface area (Å²) in [4.78, 5) is 27.4. The van der Waals surface area contributed by atoms with Crippen LogP contribution in [-0.2, 0) is 17.4 Å². The number of urea groups is 1. The highest BCUT2D eigenvalue weighted by molar-refractivity contribution is 5.78. The highest BCUT2D eigenvalue weighted by atomic mass is 19.4. The van der Waals surface area contributed by atoms with Crippen molar-refractivity contribution in [3.63, 3.8) is 0 Å². The Hall–Kier alpha value is -2.29. The minimum absolute atomic E-state index is 0.0213. The van der Waals surface area contributed by atoms with Gasteiger partial charge in [0.25, 0.3) is 0 Å². The normalized spacial score (nSPS) is 15.5. The Morgan fingerprint density at radius 2 is 1.67 bits per heavy atom. The minimum Gasteiger partial charge on any atom is -0.355 e. The Bertz CT molecular complexity index is 626. The lowest BCUT2D eigenvalue weighted by atomic mass is 10.1. The summed E-state index contributed by atoms with van der Waals surface area (Å²) in [6, 6.07) is 4.75. The number of alkyl halides is 3. The summed E-state index contributed by atoms with van der Waals surface area (Å²) in [6.07, 6.45) is -3.88. The molecule has 0 aliphatic carbocycles. The number of nitrogens with one attached hydrogen (secondary N) is 2. The van der Waals surface area contributed by atoms with Crippen molar-refractivity contribution < 1.29 is 22.8 Å². The molecule has 2 N–H and O–H groups in total. The second-order valence-corrected chi connectivity index (χ2v) is 6.39. The van der Waals surface area contributed by atoms with Gasteiger partial charge in [-0.05, 0) is 31.0 Å². The molecule has 150 valence electrons. The smallest absolute Gasteiger partial charge is 0.355 e. The van der Waals surface area contributed by atoms with Crippen LogP contribution in [0.15, 0.2) is 24.3 Å². The molecule has 0 unspecified atom stereocenters. The molecule has 0 radical (unpaired) electrons. The summed E-state index contributed by atoms with van der Waals surface area (Å²) in [5.74, 6) is -0.0213. The van der Waals surface area contributed by atoms with E-state index < -0.39 is 11.7 Å². The molecule has 9 heteroatoms. The van der Waals surface area contributed by atoms with Gasteiger partial charge in [0.1, 0.15) is 0 Å². The van der Waals surface area contributed by atoms with Crippen molar-refractivity contribution in [3.8, 4) is 0 Å². The van der Waals surface area contributed by atoms with Crippen LogP contribution < -0.4 is 10.6 Å². The van der Waals surface area contributed by atoms with Crippen molar-refractivity contribution in [2.75, 3.05) is 45.8 Å². The summed E-state index contributed by atoms with van der Waals surface area (Å²) >= 11 is 0. The van der Waals surface area contributed by atoms with Crippen molar-refractivity contribution in [3.05, 3.63) is 35.4 Å². The van der Waals surface area contributed by atoms with E-state index in [4.69, 9.17) is 0 Å². The van der Waals surface area contributed by atoms with E-state index >= 15 is 0 Å². The largest absolute Gasteiger partial charge is 0.416 e. The highest BCUT2D eigenvalue weighted by Gasteiger charge is 2.29. The first kappa shape index (κ1) is 21.0. The molecule has 1 aromatic carbocycles. The molecule has 0 saturated carbocycles. The predicted octanol–water partition coefficient (Wildman–Crippen LogP) is 1.71. The molecule has 1 saturated heterocycles. The van der Waals surface area contributed by atoms with Crippen LogP contribution in [-0.4, -0.2) is 67.6 Å². The lowest BCUT2D eigenvalue weighted by molar-refractivity contribution is -0.137. The minimum atomic E-state index is -4.34. The van der Waals surface area contributed by atoms with Crippen LogP contribution in [0.2, 0.25) is 0 Å². The molecule has 27 heavy (non-hydrogen) atoms. The zero-order chi connectivity index (χ0) is 19.9. The third-order valence-electron chi connectivity index (χ3n) is 4.37. The van der Waals surface area contributed by atoms with Crippen LogP contribution in [0.5, 0.6) is 0 Å². The number of rotatable bonds is 6. The van der Waals surface area contributed by atoms with E-state index in [0.29, 0.717) is 52.2 Å². The number of halogens is 3. The fourth-order valence-corrected chi connectivity index (χ4v) is 2.85. The molecule has 1 aliphatic heterocycles. The van der Waals surface area contributed by atoms with Crippen LogP contribution in [0.25, 0.3) is 0 Å². The van der Waals surface area contributed by atoms with Gasteiger partial charge in [-0.1, -0.05) is 12.1 Å². The predicted molar refractivity (Wildman–Crippen MR) is 95.2 cm³/mol. The number of likely N-dealkylation sites (N-methyl/N-ethyl adjacent to an activating group) is 1. The van der Waals surface area contributed by atoms with Gasteiger partial charge in [0, 0.05) is 39.3 Å². The summed E-state index contributed by atoms with van der Waals surface area (Å²) in [5, 5.41) is 5.53. The fraction of sp³-hybridized carbons (Fsp3) is 0.556. The Morgan fingerprint density at radius 1 is 1.04 bits per heavy atom. The summed E-state index contributed by atoms with van der Waals surface area (Å²) in [6.45, 7) is 5.47. The molecular formula is C18H25F3N4O2. The molecule has 0 spiro atoms. The number of benzene rings is 1. The van der Waals surface area contributed by atoms with E-state index in [1.54, 1.807) is 4.90 Å². The van der Waals surface area contributed by atoms with Crippen LogP contribution >= 0.6 is 0 Å². The molecule has 1 heterocycles. The van der Waals surface area contributed by atoms with E-state index in [0.717, 1.165) is 17.7 Å². The highest BCUT2D eigenvalue weighted by Crippen LogP contribution is 2.29. The van der Waals surface area contributed by atoms with Crippen molar-refractivity contribution in [1.82, 2.24) is 20.4 Å². The maximum absolute atomic E-state index is 12.5. The van der Waals surface area contributed by atoms with Gasteiger partial charge in [0.05, 0.1) is 12.1 Å². The van der Waals surface area contributed by atoms with Crippen molar-refractivity contribution in [2.45, 2.75) is 19.5 Å². The number of hydrogen-bond acceptors (Lipinski definition) is 3. The molecule has 6 nitrogen and oxygen atoms in total. The average Bonchev–Trinajstić information content (AvgIpc) is 2.62. The zero-order valence-corrected chi connectivity index (χ0v) is 15.3.